The third-order valence-electron chi connectivity index (χ3n) is 6.97. The fourth-order valence-corrected chi connectivity index (χ4v) is 5.98. The maximum atomic E-state index is 12.7. The maximum absolute atomic E-state index is 12.7. The van der Waals surface area contributed by atoms with Gasteiger partial charge in [-0.25, -0.2) is 4.79 Å². The van der Waals surface area contributed by atoms with E-state index in [0.717, 1.165) is 36.5 Å². The van der Waals surface area contributed by atoms with Crippen molar-refractivity contribution in [1.82, 2.24) is 4.90 Å². The van der Waals surface area contributed by atoms with Gasteiger partial charge in [-0.15, -0.1) is 0 Å². The molecule has 2 fully saturated rings. The molecule has 1 spiro atoms. The van der Waals surface area contributed by atoms with Crippen molar-refractivity contribution < 1.29 is 14.3 Å². The lowest BCUT2D eigenvalue weighted by Crippen LogP contribution is -2.51. The molecule has 1 aliphatic carbocycles. The number of hydrogen-bond donors (Lipinski definition) is 1. The van der Waals surface area contributed by atoms with Gasteiger partial charge in [-0.2, -0.15) is 0 Å². The van der Waals surface area contributed by atoms with Crippen molar-refractivity contribution in [2.24, 2.45) is 11.8 Å². The first-order chi connectivity index (χ1) is 12.6. The number of rotatable bonds is 1. The van der Waals surface area contributed by atoms with E-state index in [1.165, 1.54) is 12.7 Å². The second kappa shape index (κ2) is 5.43. The molecule has 4 atom stereocenters. The third-order valence-corrected chi connectivity index (χ3v) is 6.97. The lowest BCUT2D eigenvalue weighted by Gasteiger charge is -2.44. The number of carbonyl (C=O) groups is 2. The fourth-order valence-electron chi connectivity index (χ4n) is 5.98. The topological polar surface area (TPSA) is 58.6 Å². The van der Waals surface area contributed by atoms with Crippen molar-refractivity contribution in [3.63, 3.8) is 0 Å². The predicted octanol–water partition coefficient (Wildman–Crippen LogP) is 2.48. The quantitative estimate of drug-likeness (QED) is 0.787. The summed E-state index contributed by atoms with van der Waals surface area (Å²) in [6.07, 6.45) is 2.15. The van der Waals surface area contributed by atoms with Crippen molar-refractivity contribution in [3.8, 4) is 0 Å². The van der Waals surface area contributed by atoms with E-state index in [0.29, 0.717) is 18.6 Å². The van der Waals surface area contributed by atoms with Crippen LogP contribution in [0, 0.1) is 11.8 Å². The number of nitrogens with one attached hydrogen (secondary N) is 1. The number of carbonyl (C=O) groups excluding carboxylic acids is 2. The SMILES string of the molecule is COC(=O)C1=C2Nc3ccccc3C23CCN2CC(C)C(=O)CC(C1)C23. The van der Waals surface area contributed by atoms with Gasteiger partial charge in [0.1, 0.15) is 5.78 Å². The van der Waals surface area contributed by atoms with Crippen LogP contribution in [0.5, 0.6) is 0 Å². The molecule has 5 nitrogen and oxygen atoms in total. The van der Waals surface area contributed by atoms with E-state index < -0.39 is 0 Å². The molecule has 0 aromatic heterocycles. The molecule has 1 aromatic rings. The molecule has 26 heavy (non-hydrogen) atoms. The molecule has 4 aliphatic rings. The second-order valence-corrected chi connectivity index (χ2v) is 8.21. The van der Waals surface area contributed by atoms with E-state index >= 15 is 0 Å². The Morgan fingerprint density at radius 3 is 2.92 bits per heavy atom. The molecule has 1 aromatic carbocycles. The standard InChI is InChI=1S/C21H24N2O3/c1-12-11-23-8-7-21-15-5-3-4-6-16(15)22-18(21)14(20(25)26-2)9-13(19(21)23)10-17(12)24/h3-6,12-13,19,22H,7-11H2,1-2H3. The maximum Gasteiger partial charge on any atom is 0.335 e. The Morgan fingerprint density at radius 2 is 2.12 bits per heavy atom. The molecular formula is C21H24N2O3. The van der Waals surface area contributed by atoms with Gasteiger partial charge in [0, 0.05) is 36.3 Å². The number of hydrogen-bond acceptors (Lipinski definition) is 5. The number of ketones is 1. The lowest BCUT2D eigenvalue weighted by atomic mass is 9.62. The smallest absolute Gasteiger partial charge is 0.335 e. The van der Waals surface area contributed by atoms with Crippen LogP contribution >= 0.6 is 0 Å². The summed E-state index contributed by atoms with van der Waals surface area (Å²) in [7, 11) is 1.44. The monoisotopic (exact) mass is 352 g/mol. The van der Waals surface area contributed by atoms with E-state index in [1.807, 2.05) is 13.0 Å². The van der Waals surface area contributed by atoms with Crippen molar-refractivity contribution in [1.29, 1.82) is 0 Å². The molecule has 0 radical (unpaired) electrons. The van der Waals surface area contributed by atoms with Gasteiger partial charge >= 0.3 is 5.97 Å². The highest BCUT2D eigenvalue weighted by atomic mass is 16.5. The zero-order valence-corrected chi connectivity index (χ0v) is 15.2. The Labute approximate surface area is 153 Å². The summed E-state index contributed by atoms with van der Waals surface area (Å²) in [4.78, 5) is 27.8. The minimum atomic E-state index is -0.263. The number of esters is 1. The summed E-state index contributed by atoms with van der Waals surface area (Å²) in [6, 6.07) is 8.66. The Morgan fingerprint density at radius 1 is 1.31 bits per heavy atom. The number of nitrogens with zero attached hydrogens (tertiary/aromatic N) is 1. The van der Waals surface area contributed by atoms with Gasteiger partial charge in [0.2, 0.25) is 0 Å². The summed E-state index contributed by atoms with van der Waals surface area (Å²) < 4.78 is 5.12. The number of fused-ring (bicyclic) bond motifs is 1. The molecular weight excluding hydrogens is 328 g/mol. The predicted molar refractivity (Wildman–Crippen MR) is 97.7 cm³/mol. The zero-order valence-electron chi connectivity index (χ0n) is 15.2. The third kappa shape index (κ3) is 1.89. The molecule has 0 amide bonds. The van der Waals surface area contributed by atoms with Crippen LogP contribution in [-0.4, -0.2) is 42.9 Å². The first-order valence-electron chi connectivity index (χ1n) is 9.51. The van der Waals surface area contributed by atoms with Crippen LogP contribution in [-0.2, 0) is 19.7 Å². The number of Topliss-reactive ketones (excluding diaryl/α,β-unsaturated/α-hetero) is 1. The number of anilines is 1. The first-order valence-corrected chi connectivity index (χ1v) is 9.51. The number of benzene rings is 1. The first kappa shape index (κ1) is 16.1. The van der Waals surface area contributed by atoms with Crippen LogP contribution in [0.4, 0.5) is 5.69 Å². The molecule has 136 valence electrons. The van der Waals surface area contributed by atoms with Crippen LogP contribution in [0.2, 0.25) is 0 Å². The van der Waals surface area contributed by atoms with E-state index in [4.69, 9.17) is 4.74 Å². The average molecular weight is 352 g/mol. The van der Waals surface area contributed by atoms with Crippen LogP contribution in [0.3, 0.4) is 0 Å². The van der Waals surface area contributed by atoms with Crippen LogP contribution in [0.15, 0.2) is 35.5 Å². The molecule has 0 saturated carbocycles. The van der Waals surface area contributed by atoms with Gasteiger partial charge in [0.15, 0.2) is 0 Å². The number of para-hydroxylation sites is 1. The van der Waals surface area contributed by atoms with Gasteiger partial charge in [-0.05, 0) is 36.9 Å². The summed E-state index contributed by atoms with van der Waals surface area (Å²) in [6.45, 7) is 3.83. The van der Waals surface area contributed by atoms with Crippen molar-refractivity contribution in [2.75, 3.05) is 25.5 Å². The average Bonchev–Trinajstić information content (AvgIpc) is 3.15. The molecule has 2 saturated heterocycles. The van der Waals surface area contributed by atoms with Crippen molar-refractivity contribution in [2.45, 2.75) is 37.6 Å². The largest absolute Gasteiger partial charge is 0.466 e. The van der Waals surface area contributed by atoms with E-state index in [9.17, 15) is 9.59 Å². The van der Waals surface area contributed by atoms with Crippen LogP contribution in [0.1, 0.15) is 31.7 Å². The fraction of sp³-hybridized carbons (Fsp3) is 0.524. The summed E-state index contributed by atoms with van der Waals surface area (Å²) in [5.74, 6) is 0.291. The van der Waals surface area contributed by atoms with E-state index in [1.54, 1.807) is 0 Å². The van der Waals surface area contributed by atoms with Crippen LogP contribution < -0.4 is 5.32 Å². The summed E-state index contributed by atoms with van der Waals surface area (Å²) >= 11 is 0. The highest BCUT2D eigenvalue weighted by Gasteiger charge is 2.62. The number of methoxy groups -OCH3 is 1. The van der Waals surface area contributed by atoms with Crippen molar-refractivity contribution >= 4 is 17.4 Å². The van der Waals surface area contributed by atoms with Gasteiger partial charge in [-0.3, -0.25) is 9.69 Å². The molecule has 3 heterocycles. The summed E-state index contributed by atoms with van der Waals surface area (Å²) in [5, 5.41) is 3.56. The van der Waals surface area contributed by atoms with E-state index in [2.05, 4.69) is 28.4 Å². The summed E-state index contributed by atoms with van der Waals surface area (Å²) in [5.41, 5.74) is 3.91. The normalized spacial score (nSPS) is 35.3. The molecule has 5 heteroatoms. The Hall–Kier alpha value is -2.14. The highest BCUT2D eigenvalue weighted by molar-refractivity contribution is 5.93. The van der Waals surface area contributed by atoms with Crippen molar-refractivity contribution in [3.05, 3.63) is 41.1 Å². The minimum Gasteiger partial charge on any atom is -0.466 e. The Bertz CT molecular complexity index is 845. The van der Waals surface area contributed by atoms with E-state index in [-0.39, 0.29) is 29.3 Å². The lowest BCUT2D eigenvalue weighted by molar-refractivity contribution is -0.137. The second-order valence-electron chi connectivity index (χ2n) is 8.21. The van der Waals surface area contributed by atoms with Gasteiger partial charge in [0.25, 0.3) is 0 Å². The van der Waals surface area contributed by atoms with Gasteiger partial charge in [-0.1, -0.05) is 25.1 Å². The molecule has 5 rings (SSSR count). The highest BCUT2D eigenvalue weighted by Crippen LogP contribution is 2.60. The Balaban J connectivity index is 1.75. The molecule has 0 bridgehead atoms. The minimum absolute atomic E-state index is 0.0605. The van der Waals surface area contributed by atoms with Crippen LogP contribution in [0.25, 0.3) is 0 Å². The van der Waals surface area contributed by atoms with Gasteiger partial charge in [0.05, 0.1) is 18.1 Å². The Kier molecular flexibility index (Phi) is 3.35. The number of ether oxygens (including phenoxy) is 1. The zero-order chi connectivity index (χ0) is 18.1. The molecule has 1 N–H and O–H groups in total. The molecule has 3 aliphatic heterocycles. The molecule has 4 unspecified atom stereocenters. The van der Waals surface area contributed by atoms with Gasteiger partial charge < -0.3 is 10.1 Å².